The Bertz CT molecular complexity index is 1050. The van der Waals surface area contributed by atoms with E-state index in [1.807, 2.05) is 31.2 Å². The molecule has 0 amide bonds. The zero-order chi connectivity index (χ0) is 24.9. The Labute approximate surface area is 209 Å². The third-order valence-electron chi connectivity index (χ3n) is 6.56. The maximum absolute atomic E-state index is 13.7. The highest BCUT2D eigenvalue weighted by Gasteiger charge is 2.32. The lowest BCUT2D eigenvalue weighted by Crippen LogP contribution is -2.37. The van der Waals surface area contributed by atoms with Gasteiger partial charge < -0.3 is 4.74 Å². The monoisotopic (exact) mass is 505 g/mol. The van der Waals surface area contributed by atoms with Crippen molar-refractivity contribution in [2.75, 3.05) is 13.2 Å². The second-order valence-electron chi connectivity index (χ2n) is 10.2. The Kier molecular flexibility index (Phi) is 8.82. The molecule has 0 heterocycles. The molecule has 0 bridgehead atoms. The largest absolute Gasteiger partial charge is 0.466 e. The Morgan fingerprint density at radius 1 is 1.00 bits per heavy atom. The second-order valence-corrected chi connectivity index (χ2v) is 12.5. The van der Waals surface area contributed by atoms with Crippen LogP contribution in [-0.4, -0.2) is 31.8 Å². The van der Waals surface area contributed by atoms with Gasteiger partial charge >= 0.3 is 5.97 Å². The fourth-order valence-electron chi connectivity index (χ4n) is 4.45. The highest BCUT2D eigenvalue weighted by molar-refractivity contribution is 7.89. The van der Waals surface area contributed by atoms with Gasteiger partial charge in [-0.3, -0.25) is 4.79 Å². The number of carbonyl (C=O) groups is 1. The Hall–Kier alpha value is -1.89. The van der Waals surface area contributed by atoms with Crippen molar-refractivity contribution in [3.63, 3.8) is 0 Å². The summed E-state index contributed by atoms with van der Waals surface area (Å²) in [4.78, 5) is 12.4. The van der Waals surface area contributed by atoms with Gasteiger partial charge in [-0.15, -0.1) is 0 Å². The maximum Gasteiger partial charge on any atom is 0.308 e. The van der Waals surface area contributed by atoms with Gasteiger partial charge in [0.1, 0.15) is 0 Å². The first-order valence-corrected chi connectivity index (χ1v) is 13.8. The normalized spacial score (nSPS) is 19.2. The van der Waals surface area contributed by atoms with E-state index in [1.165, 1.54) is 0 Å². The van der Waals surface area contributed by atoms with E-state index < -0.39 is 10.0 Å². The SMILES string of the molecule is CCOC(=O)C1CCC(CN(Cc2ccc(Cl)cc2)S(=O)(=O)c2ccc(C(C)(C)C)cc2)CC1. The van der Waals surface area contributed by atoms with E-state index in [-0.39, 0.29) is 29.8 Å². The molecule has 0 radical (unpaired) electrons. The van der Waals surface area contributed by atoms with Crippen molar-refractivity contribution in [1.82, 2.24) is 4.31 Å². The lowest BCUT2D eigenvalue weighted by molar-refractivity contribution is -0.149. The molecule has 0 aromatic heterocycles. The predicted molar refractivity (Wildman–Crippen MR) is 136 cm³/mol. The third kappa shape index (κ3) is 6.83. The molecule has 7 heteroatoms. The minimum Gasteiger partial charge on any atom is -0.466 e. The van der Waals surface area contributed by atoms with E-state index in [9.17, 15) is 13.2 Å². The second kappa shape index (κ2) is 11.2. The molecule has 3 rings (SSSR count). The number of benzene rings is 2. The van der Waals surface area contributed by atoms with Crippen molar-refractivity contribution >= 4 is 27.6 Å². The summed E-state index contributed by atoms with van der Waals surface area (Å²) in [6.45, 7) is 9.22. The first-order valence-electron chi connectivity index (χ1n) is 12.0. The molecule has 2 aromatic carbocycles. The summed E-state index contributed by atoms with van der Waals surface area (Å²) in [5.74, 6) is -0.0189. The molecular formula is C27H36ClNO4S. The number of rotatable bonds is 8. The van der Waals surface area contributed by atoms with Crippen LogP contribution in [-0.2, 0) is 31.5 Å². The van der Waals surface area contributed by atoms with Crippen LogP contribution in [0.15, 0.2) is 53.4 Å². The van der Waals surface area contributed by atoms with Crippen molar-refractivity contribution in [2.24, 2.45) is 11.8 Å². The number of esters is 1. The van der Waals surface area contributed by atoms with Gasteiger partial charge in [-0.2, -0.15) is 4.31 Å². The molecule has 1 aliphatic carbocycles. The van der Waals surface area contributed by atoms with Crippen LogP contribution in [0.3, 0.4) is 0 Å². The van der Waals surface area contributed by atoms with Gasteiger partial charge in [-0.05, 0) is 79.3 Å². The fourth-order valence-corrected chi connectivity index (χ4v) is 6.08. The molecule has 1 fully saturated rings. The number of nitrogens with zero attached hydrogens (tertiary/aromatic N) is 1. The van der Waals surface area contributed by atoms with Crippen molar-refractivity contribution < 1.29 is 17.9 Å². The third-order valence-corrected chi connectivity index (χ3v) is 8.64. The lowest BCUT2D eigenvalue weighted by Gasteiger charge is -2.32. The molecule has 0 N–H and O–H groups in total. The molecule has 186 valence electrons. The van der Waals surface area contributed by atoms with E-state index >= 15 is 0 Å². The molecule has 0 unspecified atom stereocenters. The first-order chi connectivity index (χ1) is 16.0. The smallest absolute Gasteiger partial charge is 0.308 e. The van der Waals surface area contributed by atoms with Crippen LogP contribution in [0.25, 0.3) is 0 Å². The van der Waals surface area contributed by atoms with Gasteiger partial charge in [0.25, 0.3) is 0 Å². The standard InChI is InChI=1S/C27H36ClNO4S/c1-5-33-26(30)22-10-6-20(7-11-22)18-29(19-21-8-14-24(28)15-9-21)34(31,32)25-16-12-23(13-17-25)27(2,3)4/h8-9,12-17,20,22H,5-7,10-11,18-19H2,1-4H3. The Balaban J connectivity index is 1.81. The van der Waals surface area contributed by atoms with Gasteiger partial charge in [0, 0.05) is 18.1 Å². The highest BCUT2D eigenvalue weighted by atomic mass is 35.5. The van der Waals surface area contributed by atoms with Gasteiger partial charge in [0.05, 0.1) is 17.4 Å². The van der Waals surface area contributed by atoms with Crippen LogP contribution in [0.4, 0.5) is 0 Å². The van der Waals surface area contributed by atoms with Gasteiger partial charge in [0.15, 0.2) is 0 Å². The summed E-state index contributed by atoms with van der Waals surface area (Å²) in [6.07, 6.45) is 3.08. The van der Waals surface area contributed by atoms with Crippen LogP contribution in [0.1, 0.15) is 64.5 Å². The molecule has 0 spiro atoms. The summed E-state index contributed by atoms with van der Waals surface area (Å²) < 4.78 is 34.2. The van der Waals surface area contributed by atoms with Crippen LogP contribution >= 0.6 is 11.6 Å². The van der Waals surface area contributed by atoms with Crippen molar-refractivity contribution in [3.05, 3.63) is 64.7 Å². The minimum absolute atomic E-state index is 0.0527. The van der Waals surface area contributed by atoms with Crippen LogP contribution in [0.5, 0.6) is 0 Å². The van der Waals surface area contributed by atoms with E-state index in [0.717, 1.165) is 36.8 Å². The molecule has 2 aromatic rings. The van der Waals surface area contributed by atoms with E-state index in [0.29, 0.717) is 23.1 Å². The van der Waals surface area contributed by atoms with Crippen molar-refractivity contribution in [2.45, 2.75) is 70.2 Å². The molecule has 0 atom stereocenters. The minimum atomic E-state index is -3.70. The molecule has 5 nitrogen and oxygen atoms in total. The van der Waals surface area contributed by atoms with E-state index in [2.05, 4.69) is 20.8 Å². The highest BCUT2D eigenvalue weighted by Crippen LogP contribution is 2.32. The Morgan fingerprint density at radius 2 is 1.59 bits per heavy atom. The van der Waals surface area contributed by atoms with Crippen LogP contribution in [0.2, 0.25) is 5.02 Å². The topological polar surface area (TPSA) is 63.7 Å². The number of sulfonamides is 1. The fraction of sp³-hybridized carbons (Fsp3) is 0.519. The number of hydrogen-bond acceptors (Lipinski definition) is 4. The maximum atomic E-state index is 13.7. The van der Waals surface area contributed by atoms with Gasteiger partial charge in [-0.1, -0.05) is 56.6 Å². The van der Waals surface area contributed by atoms with E-state index in [4.69, 9.17) is 16.3 Å². The lowest BCUT2D eigenvalue weighted by atomic mass is 9.82. The molecule has 1 saturated carbocycles. The zero-order valence-corrected chi connectivity index (χ0v) is 22.2. The zero-order valence-electron chi connectivity index (χ0n) is 20.6. The average Bonchev–Trinajstić information content (AvgIpc) is 2.80. The van der Waals surface area contributed by atoms with Crippen molar-refractivity contribution in [1.29, 1.82) is 0 Å². The number of halogens is 1. The van der Waals surface area contributed by atoms with Gasteiger partial charge in [0.2, 0.25) is 10.0 Å². The number of ether oxygens (including phenoxy) is 1. The summed E-state index contributed by atoms with van der Waals surface area (Å²) in [5, 5.41) is 0.619. The summed E-state index contributed by atoms with van der Waals surface area (Å²) in [7, 11) is -3.70. The quantitative estimate of drug-likeness (QED) is 0.401. The Morgan fingerprint density at radius 3 is 2.12 bits per heavy atom. The predicted octanol–water partition coefficient (Wildman–Crippen LogP) is 6.20. The molecule has 0 aliphatic heterocycles. The first kappa shape index (κ1) is 26.7. The molecule has 34 heavy (non-hydrogen) atoms. The summed E-state index contributed by atoms with van der Waals surface area (Å²) >= 11 is 6.03. The molecular weight excluding hydrogens is 470 g/mol. The molecule has 0 saturated heterocycles. The number of hydrogen-bond donors (Lipinski definition) is 0. The molecule has 1 aliphatic rings. The van der Waals surface area contributed by atoms with Crippen LogP contribution in [0, 0.1) is 11.8 Å². The summed E-state index contributed by atoms with van der Waals surface area (Å²) in [6, 6.07) is 14.5. The van der Waals surface area contributed by atoms with Crippen molar-refractivity contribution in [3.8, 4) is 0 Å². The summed E-state index contributed by atoms with van der Waals surface area (Å²) in [5.41, 5.74) is 1.93. The number of carbonyl (C=O) groups excluding carboxylic acids is 1. The van der Waals surface area contributed by atoms with Crippen LogP contribution < -0.4 is 0 Å². The van der Waals surface area contributed by atoms with Gasteiger partial charge in [-0.25, -0.2) is 8.42 Å². The average molecular weight is 506 g/mol. The van der Waals surface area contributed by atoms with E-state index in [1.54, 1.807) is 28.6 Å².